The molecule has 1 saturated carbocycles. The van der Waals surface area contributed by atoms with Crippen molar-refractivity contribution in [2.75, 3.05) is 0 Å². The van der Waals surface area contributed by atoms with Gasteiger partial charge >= 0.3 is 0 Å². The zero-order chi connectivity index (χ0) is 9.26. The SMILES string of the molecule is CCc1ccc([C@H](N)C2CC2)cc1. The van der Waals surface area contributed by atoms with Crippen LogP contribution in [0.1, 0.15) is 36.9 Å². The van der Waals surface area contributed by atoms with E-state index in [1.807, 2.05) is 0 Å². The normalized spacial score (nSPS) is 18.6. The molecule has 1 aliphatic rings. The summed E-state index contributed by atoms with van der Waals surface area (Å²) < 4.78 is 0. The van der Waals surface area contributed by atoms with Gasteiger partial charge < -0.3 is 5.73 Å². The lowest BCUT2D eigenvalue weighted by Gasteiger charge is -2.10. The van der Waals surface area contributed by atoms with Crippen molar-refractivity contribution in [3.05, 3.63) is 35.4 Å². The number of nitrogens with two attached hydrogens (primary N) is 1. The van der Waals surface area contributed by atoms with E-state index < -0.39 is 0 Å². The lowest BCUT2D eigenvalue weighted by atomic mass is 10.0. The van der Waals surface area contributed by atoms with Crippen LogP contribution >= 0.6 is 0 Å². The molecule has 0 saturated heterocycles. The number of benzene rings is 1. The van der Waals surface area contributed by atoms with Crippen LogP contribution in [0.5, 0.6) is 0 Å². The summed E-state index contributed by atoms with van der Waals surface area (Å²) in [7, 11) is 0. The minimum absolute atomic E-state index is 0.283. The summed E-state index contributed by atoms with van der Waals surface area (Å²) in [6.45, 7) is 2.18. The highest BCUT2D eigenvalue weighted by molar-refractivity contribution is 5.25. The second kappa shape index (κ2) is 3.51. The summed E-state index contributed by atoms with van der Waals surface area (Å²) in [5.41, 5.74) is 8.79. The molecule has 1 aromatic carbocycles. The molecule has 1 heteroatoms. The summed E-state index contributed by atoms with van der Waals surface area (Å²) in [5, 5.41) is 0. The summed E-state index contributed by atoms with van der Waals surface area (Å²) in [6.07, 6.45) is 3.74. The molecule has 0 aromatic heterocycles. The lowest BCUT2D eigenvalue weighted by molar-refractivity contribution is 0.633. The summed E-state index contributed by atoms with van der Waals surface area (Å²) in [6, 6.07) is 9.03. The van der Waals surface area contributed by atoms with Crippen molar-refractivity contribution in [1.29, 1.82) is 0 Å². The van der Waals surface area contributed by atoms with Gasteiger partial charge in [0.15, 0.2) is 0 Å². The smallest absolute Gasteiger partial charge is 0.0323 e. The van der Waals surface area contributed by atoms with Crippen LogP contribution in [-0.4, -0.2) is 0 Å². The number of rotatable bonds is 3. The fraction of sp³-hybridized carbons (Fsp3) is 0.500. The van der Waals surface area contributed by atoms with E-state index in [-0.39, 0.29) is 6.04 Å². The Morgan fingerprint density at radius 2 is 1.92 bits per heavy atom. The van der Waals surface area contributed by atoms with Crippen LogP contribution in [0.4, 0.5) is 0 Å². The first-order chi connectivity index (χ1) is 6.31. The van der Waals surface area contributed by atoms with E-state index in [4.69, 9.17) is 5.73 Å². The molecule has 1 atom stereocenters. The highest BCUT2D eigenvalue weighted by Crippen LogP contribution is 2.39. The predicted octanol–water partition coefficient (Wildman–Crippen LogP) is 2.66. The van der Waals surface area contributed by atoms with Gasteiger partial charge in [0.05, 0.1) is 0 Å². The van der Waals surface area contributed by atoms with Gasteiger partial charge in [0.1, 0.15) is 0 Å². The quantitative estimate of drug-likeness (QED) is 0.751. The summed E-state index contributed by atoms with van der Waals surface area (Å²) in [5.74, 6) is 0.757. The molecule has 0 aliphatic heterocycles. The molecule has 1 aromatic rings. The van der Waals surface area contributed by atoms with E-state index in [9.17, 15) is 0 Å². The highest BCUT2D eigenvalue weighted by Gasteiger charge is 2.29. The van der Waals surface area contributed by atoms with Gasteiger partial charge in [-0.25, -0.2) is 0 Å². The monoisotopic (exact) mass is 175 g/mol. The van der Waals surface area contributed by atoms with Crippen LogP contribution < -0.4 is 5.73 Å². The summed E-state index contributed by atoms with van der Waals surface area (Å²) >= 11 is 0. The largest absolute Gasteiger partial charge is 0.324 e. The maximum atomic E-state index is 6.09. The maximum Gasteiger partial charge on any atom is 0.0323 e. The van der Waals surface area contributed by atoms with Crippen LogP contribution in [0.3, 0.4) is 0 Å². The Morgan fingerprint density at radius 1 is 1.31 bits per heavy atom. The second-order valence-corrected chi connectivity index (χ2v) is 3.96. The maximum absolute atomic E-state index is 6.09. The van der Waals surface area contributed by atoms with Crippen molar-refractivity contribution in [3.8, 4) is 0 Å². The van der Waals surface area contributed by atoms with E-state index in [1.54, 1.807) is 0 Å². The van der Waals surface area contributed by atoms with E-state index >= 15 is 0 Å². The molecule has 13 heavy (non-hydrogen) atoms. The molecule has 1 nitrogen and oxygen atoms in total. The minimum Gasteiger partial charge on any atom is -0.324 e. The third-order valence-corrected chi connectivity index (χ3v) is 2.90. The molecular formula is C12H17N. The molecule has 0 amide bonds. The van der Waals surface area contributed by atoms with Crippen LogP contribution in [-0.2, 0) is 6.42 Å². The molecule has 0 unspecified atom stereocenters. The van der Waals surface area contributed by atoms with Gasteiger partial charge in [-0.2, -0.15) is 0 Å². The third-order valence-electron chi connectivity index (χ3n) is 2.90. The van der Waals surface area contributed by atoms with Crippen LogP contribution in [0, 0.1) is 5.92 Å². The lowest BCUT2D eigenvalue weighted by Crippen LogP contribution is -2.12. The molecule has 0 spiro atoms. The molecular weight excluding hydrogens is 158 g/mol. The van der Waals surface area contributed by atoms with Crippen molar-refractivity contribution in [2.45, 2.75) is 32.2 Å². The van der Waals surface area contributed by atoms with Crippen molar-refractivity contribution >= 4 is 0 Å². The molecule has 70 valence electrons. The minimum atomic E-state index is 0.283. The first-order valence-corrected chi connectivity index (χ1v) is 5.15. The van der Waals surface area contributed by atoms with Gasteiger partial charge in [-0.3, -0.25) is 0 Å². The average molecular weight is 175 g/mol. The molecule has 0 radical (unpaired) electrons. The second-order valence-electron chi connectivity index (χ2n) is 3.96. The fourth-order valence-corrected chi connectivity index (χ4v) is 1.70. The van der Waals surface area contributed by atoms with Crippen molar-refractivity contribution in [3.63, 3.8) is 0 Å². The van der Waals surface area contributed by atoms with Gasteiger partial charge in [0.25, 0.3) is 0 Å². The average Bonchev–Trinajstić information content (AvgIpc) is 3.00. The standard InChI is InChI=1S/C12H17N/c1-2-9-3-5-10(6-4-9)12(13)11-7-8-11/h3-6,11-12H,2,7-8,13H2,1H3/t12-/m0/s1. The van der Waals surface area contributed by atoms with Crippen LogP contribution in [0.25, 0.3) is 0 Å². The Kier molecular flexibility index (Phi) is 2.36. The Labute approximate surface area is 80.0 Å². The first-order valence-electron chi connectivity index (χ1n) is 5.15. The topological polar surface area (TPSA) is 26.0 Å². The van der Waals surface area contributed by atoms with Crippen LogP contribution in [0.15, 0.2) is 24.3 Å². The number of hydrogen-bond acceptors (Lipinski definition) is 1. The van der Waals surface area contributed by atoms with E-state index in [2.05, 4.69) is 31.2 Å². The van der Waals surface area contributed by atoms with Crippen molar-refractivity contribution in [2.24, 2.45) is 11.7 Å². The van der Waals surface area contributed by atoms with Gasteiger partial charge in [-0.1, -0.05) is 31.2 Å². The number of hydrogen-bond donors (Lipinski definition) is 1. The fourth-order valence-electron chi connectivity index (χ4n) is 1.70. The van der Waals surface area contributed by atoms with E-state index in [0.717, 1.165) is 12.3 Å². The van der Waals surface area contributed by atoms with Gasteiger partial charge in [-0.05, 0) is 36.3 Å². The molecule has 2 rings (SSSR count). The predicted molar refractivity (Wildman–Crippen MR) is 55.5 cm³/mol. The Morgan fingerprint density at radius 3 is 2.38 bits per heavy atom. The van der Waals surface area contributed by atoms with Gasteiger partial charge in [0.2, 0.25) is 0 Å². The molecule has 0 heterocycles. The highest BCUT2D eigenvalue weighted by atomic mass is 14.7. The molecule has 1 fully saturated rings. The van der Waals surface area contributed by atoms with Crippen molar-refractivity contribution in [1.82, 2.24) is 0 Å². The molecule has 1 aliphatic carbocycles. The first kappa shape index (κ1) is 8.76. The third kappa shape index (κ3) is 1.92. The molecule has 2 N–H and O–H groups in total. The Bertz CT molecular complexity index is 272. The molecule has 0 bridgehead atoms. The van der Waals surface area contributed by atoms with E-state index in [1.165, 1.54) is 24.0 Å². The zero-order valence-electron chi connectivity index (χ0n) is 8.16. The zero-order valence-corrected chi connectivity index (χ0v) is 8.16. The Balaban J connectivity index is 2.11. The summed E-state index contributed by atoms with van der Waals surface area (Å²) in [4.78, 5) is 0. The Hall–Kier alpha value is -0.820. The van der Waals surface area contributed by atoms with Crippen LogP contribution in [0.2, 0.25) is 0 Å². The van der Waals surface area contributed by atoms with Gasteiger partial charge in [0, 0.05) is 6.04 Å². The van der Waals surface area contributed by atoms with E-state index in [0.29, 0.717) is 0 Å². The van der Waals surface area contributed by atoms with Crippen molar-refractivity contribution < 1.29 is 0 Å². The van der Waals surface area contributed by atoms with Gasteiger partial charge in [-0.15, -0.1) is 0 Å². The number of aryl methyl sites for hydroxylation is 1.